The normalized spacial score (nSPS) is 10.0. The van der Waals surface area contributed by atoms with E-state index in [1.807, 2.05) is 0 Å². The van der Waals surface area contributed by atoms with E-state index in [2.05, 4.69) is 26.2 Å². The second kappa shape index (κ2) is 6.36. The minimum Gasteiger partial charge on any atom is -0.495 e. The fourth-order valence-electron chi connectivity index (χ4n) is 1.64. The molecule has 6 nitrogen and oxygen atoms in total. The highest BCUT2D eigenvalue weighted by atomic mass is 79.9. The molecule has 0 saturated heterocycles. The Labute approximate surface area is 128 Å². The summed E-state index contributed by atoms with van der Waals surface area (Å²) in [4.78, 5) is 27.0. The summed E-state index contributed by atoms with van der Waals surface area (Å²) in [5, 5.41) is 11.6. The molecule has 1 heterocycles. The Hall–Kier alpha value is -2.41. The van der Waals surface area contributed by atoms with Crippen molar-refractivity contribution < 1.29 is 19.4 Å². The van der Waals surface area contributed by atoms with Crippen LogP contribution in [0.2, 0.25) is 0 Å². The lowest BCUT2D eigenvalue weighted by atomic mass is 10.1. The molecule has 1 aromatic carbocycles. The number of ether oxygens (including phenoxy) is 1. The molecule has 0 unspecified atom stereocenters. The monoisotopic (exact) mass is 350 g/mol. The first kappa shape index (κ1) is 15.0. The van der Waals surface area contributed by atoms with Crippen LogP contribution < -0.4 is 10.1 Å². The third kappa shape index (κ3) is 3.57. The van der Waals surface area contributed by atoms with E-state index in [4.69, 9.17) is 9.84 Å². The first-order valence-electron chi connectivity index (χ1n) is 5.85. The van der Waals surface area contributed by atoms with Crippen molar-refractivity contribution in [2.75, 3.05) is 12.4 Å². The maximum absolute atomic E-state index is 12.1. The summed E-state index contributed by atoms with van der Waals surface area (Å²) in [6.45, 7) is 0. The van der Waals surface area contributed by atoms with Gasteiger partial charge < -0.3 is 15.2 Å². The average Bonchev–Trinajstić information content (AvgIpc) is 2.47. The number of methoxy groups -OCH3 is 1. The molecule has 0 radical (unpaired) electrons. The second-order valence-electron chi connectivity index (χ2n) is 4.04. The number of aromatic nitrogens is 1. The molecule has 0 saturated carbocycles. The summed E-state index contributed by atoms with van der Waals surface area (Å²) in [6, 6.07) is 7.46. The zero-order chi connectivity index (χ0) is 15.4. The highest BCUT2D eigenvalue weighted by Crippen LogP contribution is 2.26. The maximum Gasteiger partial charge on any atom is 0.335 e. The quantitative estimate of drug-likeness (QED) is 0.827. The minimum absolute atomic E-state index is 0.0556. The number of anilines is 1. The number of hydrogen-bond donors (Lipinski definition) is 2. The number of aromatic carboxylic acids is 1. The van der Waals surface area contributed by atoms with Gasteiger partial charge in [-0.3, -0.25) is 4.79 Å². The van der Waals surface area contributed by atoms with E-state index in [-0.39, 0.29) is 11.3 Å². The summed E-state index contributed by atoms with van der Waals surface area (Å²) < 4.78 is 5.72. The summed E-state index contributed by atoms with van der Waals surface area (Å²) in [5.41, 5.74) is 0.686. The van der Waals surface area contributed by atoms with Crippen molar-refractivity contribution in [3.05, 3.63) is 52.3 Å². The Morgan fingerprint density at radius 1 is 1.24 bits per heavy atom. The molecule has 21 heavy (non-hydrogen) atoms. The molecule has 0 aliphatic carbocycles. The van der Waals surface area contributed by atoms with Crippen LogP contribution in [0.1, 0.15) is 20.7 Å². The average molecular weight is 351 g/mol. The molecule has 0 spiro atoms. The van der Waals surface area contributed by atoms with Crippen molar-refractivity contribution in [3.63, 3.8) is 0 Å². The van der Waals surface area contributed by atoms with Gasteiger partial charge >= 0.3 is 5.97 Å². The van der Waals surface area contributed by atoms with Crippen molar-refractivity contribution in [1.29, 1.82) is 0 Å². The highest BCUT2D eigenvalue weighted by Gasteiger charge is 2.13. The molecule has 108 valence electrons. The number of carboxylic acid groups (broad SMARTS) is 1. The summed E-state index contributed by atoms with van der Waals surface area (Å²) in [5.74, 6) is -1.12. The van der Waals surface area contributed by atoms with E-state index in [1.165, 1.54) is 31.5 Å². The van der Waals surface area contributed by atoms with E-state index < -0.39 is 11.9 Å². The zero-order valence-corrected chi connectivity index (χ0v) is 12.5. The number of pyridine rings is 1. The number of carbonyl (C=O) groups excluding carboxylic acids is 1. The molecular weight excluding hydrogens is 340 g/mol. The summed E-state index contributed by atoms with van der Waals surface area (Å²) in [6.07, 6.45) is 1.41. The molecule has 0 bridgehead atoms. The van der Waals surface area contributed by atoms with Crippen LogP contribution in [0.15, 0.2) is 41.1 Å². The van der Waals surface area contributed by atoms with Gasteiger partial charge in [-0.05, 0) is 46.3 Å². The van der Waals surface area contributed by atoms with E-state index in [1.54, 1.807) is 12.1 Å². The third-order valence-corrected chi connectivity index (χ3v) is 3.15. The van der Waals surface area contributed by atoms with E-state index in [9.17, 15) is 9.59 Å². The van der Waals surface area contributed by atoms with E-state index in [0.29, 0.717) is 15.9 Å². The van der Waals surface area contributed by atoms with Crippen LogP contribution >= 0.6 is 15.9 Å². The van der Waals surface area contributed by atoms with Crippen molar-refractivity contribution in [2.45, 2.75) is 0 Å². The number of halogens is 1. The van der Waals surface area contributed by atoms with Crippen LogP contribution in [0.5, 0.6) is 5.75 Å². The van der Waals surface area contributed by atoms with E-state index in [0.717, 1.165) is 0 Å². The van der Waals surface area contributed by atoms with Crippen LogP contribution in [-0.2, 0) is 0 Å². The van der Waals surface area contributed by atoms with Crippen LogP contribution in [0.25, 0.3) is 0 Å². The molecule has 7 heteroatoms. The lowest BCUT2D eigenvalue weighted by Gasteiger charge is -2.11. The van der Waals surface area contributed by atoms with Crippen molar-refractivity contribution in [3.8, 4) is 5.75 Å². The van der Waals surface area contributed by atoms with Crippen LogP contribution in [0.3, 0.4) is 0 Å². The van der Waals surface area contributed by atoms with Gasteiger partial charge in [0.15, 0.2) is 0 Å². The Morgan fingerprint density at radius 2 is 1.95 bits per heavy atom. The van der Waals surface area contributed by atoms with Crippen molar-refractivity contribution >= 4 is 33.5 Å². The maximum atomic E-state index is 12.1. The largest absolute Gasteiger partial charge is 0.495 e. The Balaban J connectivity index is 2.29. The van der Waals surface area contributed by atoms with Gasteiger partial charge in [0.2, 0.25) is 0 Å². The minimum atomic E-state index is -1.08. The Morgan fingerprint density at radius 3 is 2.52 bits per heavy atom. The lowest BCUT2D eigenvalue weighted by molar-refractivity contribution is 0.0696. The van der Waals surface area contributed by atoms with Crippen molar-refractivity contribution in [2.24, 2.45) is 0 Å². The first-order valence-corrected chi connectivity index (χ1v) is 6.65. The number of hydrogen-bond acceptors (Lipinski definition) is 4. The molecule has 0 aliphatic rings. The number of amides is 1. The molecule has 0 aliphatic heterocycles. The van der Waals surface area contributed by atoms with Crippen molar-refractivity contribution in [1.82, 2.24) is 4.98 Å². The number of carboxylic acids is 1. The number of nitrogens with one attached hydrogen (secondary N) is 1. The summed E-state index contributed by atoms with van der Waals surface area (Å²) >= 11 is 3.18. The molecular formula is C14H11BrN2O4. The van der Waals surface area contributed by atoms with Gasteiger partial charge in [0.1, 0.15) is 10.4 Å². The van der Waals surface area contributed by atoms with Gasteiger partial charge in [-0.15, -0.1) is 0 Å². The molecule has 0 atom stereocenters. The SMILES string of the molecule is COc1ccc(C(=O)O)cc1NC(=O)c1ccc(Br)nc1. The Bertz CT molecular complexity index is 686. The number of rotatable bonds is 4. The zero-order valence-electron chi connectivity index (χ0n) is 11.0. The molecule has 0 fully saturated rings. The van der Waals surface area contributed by atoms with Crippen LogP contribution in [0.4, 0.5) is 5.69 Å². The topological polar surface area (TPSA) is 88.5 Å². The van der Waals surface area contributed by atoms with Gasteiger partial charge in [0.25, 0.3) is 5.91 Å². The Kier molecular flexibility index (Phi) is 4.54. The van der Waals surface area contributed by atoms with Gasteiger partial charge in [-0.2, -0.15) is 0 Å². The third-order valence-electron chi connectivity index (χ3n) is 2.68. The van der Waals surface area contributed by atoms with Gasteiger partial charge in [0, 0.05) is 6.20 Å². The number of nitrogens with zero attached hydrogens (tertiary/aromatic N) is 1. The predicted molar refractivity (Wildman–Crippen MR) is 79.8 cm³/mol. The first-order chi connectivity index (χ1) is 10.0. The fraction of sp³-hybridized carbons (Fsp3) is 0.0714. The lowest BCUT2D eigenvalue weighted by Crippen LogP contribution is -2.13. The van der Waals surface area contributed by atoms with Crippen LogP contribution in [0, 0.1) is 0 Å². The van der Waals surface area contributed by atoms with Gasteiger partial charge in [-0.1, -0.05) is 0 Å². The number of benzene rings is 1. The van der Waals surface area contributed by atoms with Gasteiger partial charge in [0.05, 0.1) is 23.9 Å². The molecule has 2 rings (SSSR count). The number of carbonyl (C=O) groups is 2. The predicted octanol–water partition coefficient (Wildman–Crippen LogP) is 2.80. The molecule has 1 aromatic heterocycles. The van der Waals surface area contributed by atoms with Crippen LogP contribution in [-0.4, -0.2) is 29.1 Å². The summed E-state index contributed by atoms with van der Waals surface area (Å²) in [7, 11) is 1.44. The standard InChI is InChI=1S/C14H11BrN2O4/c1-21-11-4-2-8(14(19)20)6-10(11)17-13(18)9-3-5-12(15)16-7-9/h2-7H,1H3,(H,17,18)(H,19,20). The van der Waals surface area contributed by atoms with E-state index >= 15 is 0 Å². The molecule has 2 N–H and O–H groups in total. The molecule has 1 amide bonds. The molecule has 2 aromatic rings. The fourth-order valence-corrected chi connectivity index (χ4v) is 1.88. The van der Waals surface area contributed by atoms with Gasteiger partial charge in [-0.25, -0.2) is 9.78 Å². The smallest absolute Gasteiger partial charge is 0.335 e. The highest BCUT2D eigenvalue weighted by molar-refractivity contribution is 9.10. The second-order valence-corrected chi connectivity index (χ2v) is 4.86.